The number of aromatic nitrogens is 1. The summed E-state index contributed by atoms with van der Waals surface area (Å²) in [5.74, 6) is 1.05. The van der Waals surface area contributed by atoms with Gasteiger partial charge in [0.25, 0.3) is 0 Å². The Morgan fingerprint density at radius 3 is 2.77 bits per heavy atom. The van der Waals surface area contributed by atoms with Gasteiger partial charge in [-0.1, -0.05) is 36.7 Å². The number of carbonyl (C=O) groups excluding carboxylic acids is 1. The van der Waals surface area contributed by atoms with E-state index in [1.807, 2.05) is 42.5 Å². The Bertz CT molecular complexity index is 716. The highest BCUT2D eigenvalue weighted by Crippen LogP contribution is 2.26. The number of benzene rings is 1. The number of rotatable bonds is 6. The predicted molar refractivity (Wildman–Crippen MR) is 105 cm³/mol. The van der Waals surface area contributed by atoms with Crippen LogP contribution in [0.5, 0.6) is 0 Å². The van der Waals surface area contributed by atoms with Crippen molar-refractivity contribution < 1.29 is 4.79 Å². The SMILES string of the molecule is CC(CC(=O)NC(c1cccc(Cl)c1)c1ccccn1)C1CCNCC1. The lowest BCUT2D eigenvalue weighted by atomic mass is 9.84. The van der Waals surface area contributed by atoms with Crippen molar-refractivity contribution in [1.82, 2.24) is 15.6 Å². The highest BCUT2D eigenvalue weighted by Gasteiger charge is 2.24. The second-order valence-electron chi connectivity index (χ2n) is 7.08. The minimum absolute atomic E-state index is 0.0617. The molecule has 2 aromatic rings. The fourth-order valence-electron chi connectivity index (χ4n) is 3.65. The maximum Gasteiger partial charge on any atom is 0.221 e. The van der Waals surface area contributed by atoms with Gasteiger partial charge < -0.3 is 10.6 Å². The zero-order valence-electron chi connectivity index (χ0n) is 15.1. The molecule has 1 aromatic carbocycles. The van der Waals surface area contributed by atoms with Crippen LogP contribution in [0, 0.1) is 11.8 Å². The van der Waals surface area contributed by atoms with Crippen molar-refractivity contribution in [2.24, 2.45) is 11.8 Å². The van der Waals surface area contributed by atoms with Gasteiger partial charge in [-0.05, 0) is 67.6 Å². The predicted octanol–water partition coefficient (Wildman–Crippen LogP) is 3.97. The molecule has 2 unspecified atom stereocenters. The van der Waals surface area contributed by atoms with Gasteiger partial charge >= 0.3 is 0 Å². The van der Waals surface area contributed by atoms with Crippen LogP contribution in [0.4, 0.5) is 0 Å². The summed E-state index contributed by atoms with van der Waals surface area (Å²) >= 11 is 6.16. The summed E-state index contributed by atoms with van der Waals surface area (Å²) in [6, 6.07) is 13.0. The van der Waals surface area contributed by atoms with Crippen LogP contribution in [0.2, 0.25) is 5.02 Å². The molecule has 4 nitrogen and oxygen atoms in total. The average Bonchev–Trinajstić information content (AvgIpc) is 2.67. The second kappa shape index (κ2) is 9.15. The molecule has 2 atom stereocenters. The van der Waals surface area contributed by atoms with E-state index in [-0.39, 0.29) is 11.9 Å². The van der Waals surface area contributed by atoms with E-state index >= 15 is 0 Å². The molecular formula is C21H26ClN3O. The van der Waals surface area contributed by atoms with E-state index in [1.54, 1.807) is 6.20 Å². The van der Waals surface area contributed by atoms with Crippen LogP contribution < -0.4 is 10.6 Å². The first kappa shape index (κ1) is 18.9. The standard InChI is InChI=1S/C21H26ClN3O/c1-15(16-8-11-23-12-9-16)13-20(26)25-21(19-7-2-3-10-24-19)17-5-4-6-18(22)14-17/h2-7,10,14-16,21,23H,8-9,11-13H2,1H3,(H,25,26). The molecule has 0 radical (unpaired) electrons. The van der Waals surface area contributed by atoms with Crippen LogP contribution in [0.25, 0.3) is 0 Å². The monoisotopic (exact) mass is 371 g/mol. The van der Waals surface area contributed by atoms with E-state index in [2.05, 4.69) is 22.5 Å². The Hall–Kier alpha value is -1.91. The first-order valence-electron chi connectivity index (χ1n) is 9.30. The Morgan fingerprint density at radius 1 is 1.27 bits per heavy atom. The molecule has 5 heteroatoms. The minimum atomic E-state index is -0.289. The first-order valence-corrected chi connectivity index (χ1v) is 9.68. The van der Waals surface area contributed by atoms with Gasteiger partial charge in [-0.15, -0.1) is 0 Å². The third kappa shape index (κ3) is 5.05. The summed E-state index contributed by atoms with van der Waals surface area (Å²) in [5.41, 5.74) is 1.76. The number of amides is 1. The number of piperidine rings is 1. The number of pyridine rings is 1. The second-order valence-corrected chi connectivity index (χ2v) is 7.52. The number of nitrogens with zero attached hydrogens (tertiary/aromatic N) is 1. The van der Waals surface area contributed by atoms with Crippen LogP contribution >= 0.6 is 11.6 Å². The van der Waals surface area contributed by atoms with E-state index in [0.29, 0.717) is 23.3 Å². The van der Waals surface area contributed by atoms with Gasteiger partial charge in [-0.2, -0.15) is 0 Å². The summed E-state index contributed by atoms with van der Waals surface area (Å²) in [6.07, 6.45) is 4.57. The first-order chi connectivity index (χ1) is 12.6. The maximum atomic E-state index is 12.8. The molecule has 2 N–H and O–H groups in total. The van der Waals surface area contributed by atoms with Crippen molar-refractivity contribution in [3.05, 3.63) is 64.9 Å². The van der Waals surface area contributed by atoms with Crippen molar-refractivity contribution in [2.75, 3.05) is 13.1 Å². The summed E-state index contributed by atoms with van der Waals surface area (Å²) in [4.78, 5) is 17.2. The van der Waals surface area contributed by atoms with Crippen LogP contribution in [0.3, 0.4) is 0 Å². The Balaban J connectivity index is 1.72. The number of carbonyl (C=O) groups is 1. The maximum absolute atomic E-state index is 12.8. The molecule has 1 saturated heterocycles. The molecule has 1 fully saturated rings. The molecule has 138 valence electrons. The molecule has 1 aliphatic heterocycles. The molecule has 0 spiro atoms. The van der Waals surface area contributed by atoms with Crippen LogP contribution in [-0.4, -0.2) is 24.0 Å². The molecule has 0 saturated carbocycles. The van der Waals surface area contributed by atoms with Gasteiger partial charge in [-0.3, -0.25) is 9.78 Å². The largest absolute Gasteiger partial charge is 0.344 e. The lowest BCUT2D eigenvalue weighted by molar-refractivity contribution is -0.122. The molecule has 0 bridgehead atoms. The van der Waals surface area contributed by atoms with E-state index in [4.69, 9.17) is 11.6 Å². The molecule has 3 rings (SSSR count). The quantitative estimate of drug-likeness (QED) is 0.807. The molecule has 26 heavy (non-hydrogen) atoms. The smallest absolute Gasteiger partial charge is 0.221 e. The van der Waals surface area contributed by atoms with Gasteiger partial charge in [-0.25, -0.2) is 0 Å². The van der Waals surface area contributed by atoms with Crippen molar-refractivity contribution in [3.8, 4) is 0 Å². The van der Waals surface area contributed by atoms with Gasteiger partial charge in [0.15, 0.2) is 0 Å². The number of hydrogen-bond donors (Lipinski definition) is 2. The lowest BCUT2D eigenvalue weighted by Gasteiger charge is -2.28. The molecule has 1 aromatic heterocycles. The van der Waals surface area contributed by atoms with Crippen LogP contribution in [-0.2, 0) is 4.79 Å². The van der Waals surface area contributed by atoms with Crippen molar-refractivity contribution in [1.29, 1.82) is 0 Å². The third-order valence-electron chi connectivity index (χ3n) is 5.17. The van der Waals surface area contributed by atoms with E-state index in [9.17, 15) is 4.79 Å². The Morgan fingerprint density at radius 2 is 2.08 bits per heavy atom. The molecule has 1 amide bonds. The van der Waals surface area contributed by atoms with Crippen molar-refractivity contribution in [2.45, 2.75) is 32.2 Å². The highest BCUT2D eigenvalue weighted by atomic mass is 35.5. The zero-order valence-corrected chi connectivity index (χ0v) is 15.9. The topological polar surface area (TPSA) is 54.0 Å². The number of halogens is 1. The highest BCUT2D eigenvalue weighted by molar-refractivity contribution is 6.30. The van der Waals surface area contributed by atoms with Crippen LogP contribution in [0.1, 0.15) is 43.5 Å². The zero-order chi connectivity index (χ0) is 18.4. The van der Waals surface area contributed by atoms with Crippen molar-refractivity contribution in [3.63, 3.8) is 0 Å². The van der Waals surface area contributed by atoms with Crippen molar-refractivity contribution >= 4 is 17.5 Å². The third-order valence-corrected chi connectivity index (χ3v) is 5.40. The van der Waals surface area contributed by atoms with E-state index in [1.165, 1.54) is 0 Å². The normalized spacial score (nSPS) is 17.5. The summed E-state index contributed by atoms with van der Waals surface area (Å²) < 4.78 is 0. The van der Waals surface area contributed by atoms with E-state index in [0.717, 1.165) is 37.2 Å². The lowest BCUT2D eigenvalue weighted by Crippen LogP contribution is -2.35. The Kier molecular flexibility index (Phi) is 6.64. The molecular weight excluding hydrogens is 346 g/mol. The molecule has 0 aliphatic carbocycles. The van der Waals surface area contributed by atoms with Gasteiger partial charge in [0.2, 0.25) is 5.91 Å². The van der Waals surface area contributed by atoms with Crippen LogP contribution in [0.15, 0.2) is 48.7 Å². The van der Waals surface area contributed by atoms with Gasteiger partial charge in [0.1, 0.15) is 0 Å². The summed E-state index contributed by atoms with van der Waals surface area (Å²) in [7, 11) is 0. The molecule has 2 heterocycles. The fraction of sp³-hybridized carbons (Fsp3) is 0.429. The fourth-order valence-corrected chi connectivity index (χ4v) is 3.85. The van der Waals surface area contributed by atoms with Gasteiger partial charge in [0, 0.05) is 17.6 Å². The number of nitrogens with one attached hydrogen (secondary N) is 2. The molecule has 1 aliphatic rings. The van der Waals surface area contributed by atoms with E-state index < -0.39 is 0 Å². The summed E-state index contributed by atoms with van der Waals surface area (Å²) in [5, 5.41) is 7.21. The minimum Gasteiger partial charge on any atom is -0.344 e. The average molecular weight is 372 g/mol. The number of hydrogen-bond acceptors (Lipinski definition) is 3. The van der Waals surface area contributed by atoms with Gasteiger partial charge in [0.05, 0.1) is 11.7 Å². The summed E-state index contributed by atoms with van der Waals surface area (Å²) in [6.45, 7) is 4.29. The Labute approximate surface area is 160 Å².